The Balaban J connectivity index is 1.78. The summed E-state index contributed by atoms with van der Waals surface area (Å²) < 4.78 is 25.1. The van der Waals surface area contributed by atoms with Crippen molar-refractivity contribution >= 4 is 37.4 Å². The lowest BCUT2D eigenvalue weighted by atomic mass is 10.2. The molecule has 0 fully saturated rings. The minimum Gasteiger partial charge on any atom is -0.487 e. The van der Waals surface area contributed by atoms with Crippen LogP contribution < -0.4 is 15.8 Å². The van der Waals surface area contributed by atoms with Gasteiger partial charge in [0.1, 0.15) is 22.4 Å². The number of hydrogen-bond acceptors (Lipinski definition) is 10. The van der Waals surface area contributed by atoms with E-state index in [9.17, 15) is 4.39 Å². The third-order valence-corrected chi connectivity index (χ3v) is 6.41. The van der Waals surface area contributed by atoms with Crippen LogP contribution >= 0.6 is 31.5 Å². The second kappa shape index (κ2) is 11.6. The van der Waals surface area contributed by atoms with Crippen molar-refractivity contribution in [3.8, 4) is 26.9 Å². The van der Waals surface area contributed by atoms with Crippen LogP contribution in [0.25, 0.3) is 21.1 Å². The molecule has 9 nitrogen and oxygen atoms in total. The average molecular weight is 530 g/mol. The number of rotatable bonds is 10. The second-order valence-electron chi connectivity index (χ2n) is 7.90. The second-order valence-corrected chi connectivity index (χ2v) is 10.0. The van der Waals surface area contributed by atoms with E-state index in [1.807, 2.05) is 32.9 Å². The van der Waals surface area contributed by atoms with Crippen LogP contribution in [-0.4, -0.2) is 49.8 Å². The summed E-state index contributed by atoms with van der Waals surface area (Å²) >= 11 is 7.57. The van der Waals surface area contributed by atoms with Crippen LogP contribution in [0.1, 0.15) is 26.5 Å². The molecular weight excluding hydrogens is 504 g/mol. The van der Waals surface area contributed by atoms with Crippen LogP contribution in [0, 0.1) is 12.7 Å². The number of ether oxygens (including phenoxy) is 1. The van der Waals surface area contributed by atoms with E-state index < -0.39 is 26.6 Å². The van der Waals surface area contributed by atoms with E-state index in [2.05, 4.69) is 20.5 Å². The zero-order valence-electron chi connectivity index (χ0n) is 19.0. The first-order valence-electron chi connectivity index (χ1n) is 10.3. The molecule has 3 rings (SSSR count). The van der Waals surface area contributed by atoms with Gasteiger partial charge in [-0.2, -0.15) is 0 Å². The van der Waals surface area contributed by atoms with Crippen molar-refractivity contribution in [3.05, 3.63) is 40.8 Å². The van der Waals surface area contributed by atoms with Crippen molar-refractivity contribution in [2.24, 2.45) is 5.73 Å². The number of aryl methyl sites for hydroxylation is 1. The number of anilines is 1. The molecule has 0 aliphatic heterocycles. The molecule has 3 aromatic rings. The quantitative estimate of drug-likeness (QED) is 0.280. The summed E-state index contributed by atoms with van der Waals surface area (Å²) in [7, 11) is -2.56. The number of aromatic nitrogens is 3. The number of halogens is 2. The van der Waals surface area contributed by atoms with Crippen LogP contribution in [0.4, 0.5) is 10.2 Å². The van der Waals surface area contributed by atoms with Gasteiger partial charge in [-0.3, -0.25) is 0 Å². The van der Waals surface area contributed by atoms with Crippen molar-refractivity contribution in [3.63, 3.8) is 0 Å². The molecule has 184 valence electrons. The van der Waals surface area contributed by atoms with Gasteiger partial charge in [0, 0.05) is 22.9 Å². The van der Waals surface area contributed by atoms with E-state index in [-0.39, 0.29) is 23.4 Å². The highest BCUT2D eigenvalue weighted by Crippen LogP contribution is 2.37. The highest BCUT2D eigenvalue weighted by atomic mass is 35.5. The molecule has 2 heterocycles. The van der Waals surface area contributed by atoms with Crippen molar-refractivity contribution in [1.29, 1.82) is 0 Å². The van der Waals surface area contributed by atoms with Crippen molar-refractivity contribution < 1.29 is 23.4 Å². The molecular formula is C21H26ClFN5O4PS. The Morgan fingerprint density at radius 2 is 1.79 bits per heavy atom. The molecule has 1 aromatic carbocycles. The number of nitrogens with one attached hydrogen (secondary N) is 1. The summed E-state index contributed by atoms with van der Waals surface area (Å²) in [5.74, 6) is -0.109. The summed E-state index contributed by atoms with van der Waals surface area (Å²) in [5, 5.41) is 12.9. The van der Waals surface area contributed by atoms with Gasteiger partial charge in [-0.25, -0.2) is 9.37 Å². The molecule has 2 unspecified atom stereocenters. The maximum absolute atomic E-state index is 14.8. The van der Waals surface area contributed by atoms with E-state index in [1.165, 1.54) is 17.4 Å². The highest BCUT2D eigenvalue weighted by Gasteiger charge is 2.21. The Hall–Kier alpha value is -1.98. The largest absolute Gasteiger partial charge is 0.487 e. The molecule has 0 aliphatic rings. The van der Waals surface area contributed by atoms with Gasteiger partial charge in [0.2, 0.25) is 0 Å². The summed E-state index contributed by atoms with van der Waals surface area (Å²) in [6, 6.07) is 6.11. The first-order valence-corrected chi connectivity index (χ1v) is 12.7. The molecule has 0 bridgehead atoms. The molecule has 0 aliphatic carbocycles. The maximum Gasteiger partial charge on any atom is 0.327 e. The summed E-state index contributed by atoms with van der Waals surface area (Å²) in [6.07, 6.45) is -0.713. The van der Waals surface area contributed by atoms with Gasteiger partial charge in [0.25, 0.3) is 0 Å². The molecule has 0 radical (unpaired) electrons. The number of nitrogens with two attached hydrogens (primary N) is 1. The van der Waals surface area contributed by atoms with Crippen LogP contribution in [0.3, 0.4) is 0 Å². The third-order valence-electron chi connectivity index (χ3n) is 4.59. The predicted octanol–water partition coefficient (Wildman–Crippen LogP) is 4.51. The van der Waals surface area contributed by atoms with Gasteiger partial charge in [-0.15, -0.1) is 10.2 Å². The van der Waals surface area contributed by atoms with Gasteiger partial charge in [-0.05, 0) is 52.0 Å². The molecule has 0 saturated carbocycles. The van der Waals surface area contributed by atoms with Gasteiger partial charge < -0.3 is 30.1 Å². The minimum absolute atomic E-state index is 0.0438. The Morgan fingerprint density at radius 1 is 1.15 bits per heavy atom. The monoisotopic (exact) mass is 529 g/mol. The summed E-state index contributed by atoms with van der Waals surface area (Å²) in [5.41, 5.74) is 8.03. The fourth-order valence-corrected chi connectivity index (χ4v) is 4.52. The number of nitrogens with zero attached hydrogens (tertiary/aromatic N) is 3. The zero-order chi connectivity index (χ0) is 25.0. The van der Waals surface area contributed by atoms with Crippen molar-refractivity contribution in [1.82, 2.24) is 15.2 Å². The average Bonchev–Trinajstić information content (AvgIpc) is 3.22. The van der Waals surface area contributed by atoms with E-state index in [0.29, 0.717) is 15.6 Å². The van der Waals surface area contributed by atoms with E-state index >= 15 is 0 Å². The Kier molecular flexibility index (Phi) is 9.11. The fourth-order valence-electron chi connectivity index (χ4n) is 2.98. The standard InChI is InChI=1S/C21H26ClFN5O4PS/c1-10(2)25-18-8-13(5-11(3)26-18)20-27-28-21(34-20)14-6-15(22)19(16(23)7-14)31-9-17(24)12(4)32-33(29)30/h5-8,10,12,17,29-30H,9,24H2,1-4H3,(H,25,26). The van der Waals surface area contributed by atoms with Gasteiger partial charge in [-0.1, -0.05) is 22.9 Å². The Labute approximate surface area is 207 Å². The first-order chi connectivity index (χ1) is 16.0. The minimum atomic E-state index is -2.56. The van der Waals surface area contributed by atoms with Crippen molar-refractivity contribution in [2.75, 3.05) is 11.9 Å². The molecule has 0 spiro atoms. The van der Waals surface area contributed by atoms with Gasteiger partial charge in [0.05, 0.1) is 17.2 Å². The zero-order valence-corrected chi connectivity index (χ0v) is 21.5. The Bertz CT molecular complexity index is 1110. The SMILES string of the molecule is Cc1cc(-c2nnc(-c3cc(F)c(OCC(N)C(C)OP(O)O)c(Cl)c3)s2)cc(NC(C)C)n1. The topological polar surface area (TPSA) is 136 Å². The van der Waals surface area contributed by atoms with Crippen LogP contribution in [0.5, 0.6) is 5.75 Å². The maximum atomic E-state index is 14.8. The van der Waals surface area contributed by atoms with E-state index in [0.717, 1.165) is 17.1 Å². The van der Waals surface area contributed by atoms with Crippen LogP contribution in [0.15, 0.2) is 24.3 Å². The molecule has 5 N–H and O–H groups in total. The van der Waals surface area contributed by atoms with Crippen molar-refractivity contribution in [2.45, 2.75) is 45.9 Å². The lowest BCUT2D eigenvalue weighted by molar-refractivity contribution is 0.132. The van der Waals surface area contributed by atoms with E-state index in [4.69, 9.17) is 36.4 Å². The number of pyridine rings is 1. The molecule has 0 saturated heterocycles. The molecule has 0 amide bonds. The highest BCUT2D eigenvalue weighted by molar-refractivity contribution is 7.39. The first kappa shape index (κ1) is 26.6. The Morgan fingerprint density at radius 3 is 2.38 bits per heavy atom. The normalized spacial score (nSPS) is 13.4. The van der Waals surface area contributed by atoms with Gasteiger partial charge in [0.15, 0.2) is 11.6 Å². The molecule has 2 atom stereocenters. The number of hydrogen-bond donors (Lipinski definition) is 4. The smallest absolute Gasteiger partial charge is 0.327 e. The summed E-state index contributed by atoms with van der Waals surface area (Å²) in [6.45, 7) is 7.37. The predicted molar refractivity (Wildman–Crippen MR) is 132 cm³/mol. The fraction of sp³-hybridized carbons (Fsp3) is 0.381. The molecule has 2 aromatic heterocycles. The summed E-state index contributed by atoms with van der Waals surface area (Å²) in [4.78, 5) is 22.3. The van der Waals surface area contributed by atoms with Crippen LogP contribution in [0.2, 0.25) is 5.02 Å². The number of benzene rings is 1. The molecule has 34 heavy (non-hydrogen) atoms. The lowest BCUT2D eigenvalue weighted by Crippen LogP contribution is -2.39. The van der Waals surface area contributed by atoms with E-state index in [1.54, 1.807) is 13.0 Å². The lowest BCUT2D eigenvalue weighted by Gasteiger charge is -2.21. The van der Waals surface area contributed by atoms with Gasteiger partial charge >= 0.3 is 8.60 Å². The molecule has 13 heteroatoms. The third kappa shape index (κ3) is 7.02. The van der Waals surface area contributed by atoms with Crippen LogP contribution in [-0.2, 0) is 4.52 Å².